The number of ether oxygens (including phenoxy) is 1. The Kier molecular flexibility index (Phi) is 4.82. The molecule has 0 radical (unpaired) electrons. The van der Waals surface area contributed by atoms with E-state index in [1.807, 2.05) is 12.3 Å². The van der Waals surface area contributed by atoms with Gasteiger partial charge in [-0.15, -0.1) is 11.6 Å². The number of rotatable bonds is 6. The maximum Gasteiger partial charge on any atom is 0.139 e. The van der Waals surface area contributed by atoms with Gasteiger partial charge >= 0.3 is 0 Å². The molecule has 3 nitrogen and oxygen atoms in total. The van der Waals surface area contributed by atoms with Crippen LogP contribution in [0.25, 0.3) is 0 Å². The molecule has 0 spiro atoms. The van der Waals surface area contributed by atoms with Gasteiger partial charge in [0.1, 0.15) is 6.73 Å². The summed E-state index contributed by atoms with van der Waals surface area (Å²) >= 11 is 5.65. The first-order chi connectivity index (χ1) is 7.01. The molecule has 1 heterocycles. The average molecular weight is 247 g/mol. The summed E-state index contributed by atoms with van der Waals surface area (Å²) in [7, 11) is -0.973. The van der Waals surface area contributed by atoms with Gasteiger partial charge in [-0.25, -0.2) is 4.68 Å². The molecule has 5 heteroatoms. The van der Waals surface area contributed by atoms with E-state index in [4.69, 9.17) is 16.3 Å². The topological polar surface area (TPSA) is 27.1 Å². The Bertz CT molecular complexity index is 296. The summed E-state index contributed by atoms with van der Waals surface area (Å²) in [6.07, 6.45) is 1.90. The Hall–Kier alpha value is -0.323. The van der Waals surface area contributed by atoms with Crippen LogP contribution in [0.5, 0.6) is 0 Å². The van der Waals surface area contributed by atoms with Crippen molar-refractivity contribution in [3.8, 4) is 0 Å². The van der Waals surface area contributed by atoms with Crippen LogP contribution in [0, 0.1) is 0 Å². The predicted molar refractivity (Wildman–Crippen MR) is 65.9 cm³/mol. The van der Waals surface area contributed by atoms with Crippen molar-refractivity contribution in [2.75, 3.05) is 6.61 Å². The highest BCUT2D eigenvalue weighted by Crippen LogP contribution is 2.08. The highest BCUT2D eigenvalue weighted by molar-refractivity contribution is 6.76. The van der Waals surface area contributed by atoms with Gasteiger partial charge in [0.2, 0.25) is 0 Å². The lowest BCUT2D eigenvalue weighted by atomic mass is 10.5. The third-order valence-electron chi connectivity index (χ3n) is 2.05. The smallest absolute Gasteiger partial charge is 0.139 e. The van der Waals surface area contributed by atoms with Gasteiger partial charge in [-0.1, -0.05) is 19.6 Å². The molecule has 0 amide bonds. The van der Waals surface area contributed by atoms with Gasteiger partial charge in [-0.05, 0) is 12.1 Å². The largest absolute Gasteiger partial charge is 0.360 e. The van der Waals surface area contributed by atoms with E-state index < -0.39 is 8.07 Å². The van der Waals surface area contributed by atoms with E-state index in [9.17, 15) is 0 Å². The highest BCUT2D eigenvalue weighted by atomic mass is 35.5. The van der Waals surface area contributed by atoms with Crippen LogP contribution in [0.1, 0.15) is 5.69 Å². The first kappa shape index (κ1) is 12.7. The number of alkyl halides is 1. The van der Waals surface area contributed by atoms with E-state index in [-0.39, 0.29) is 0 Å². The number of nitrogens with zero attached hydrogens (tertiary/aromatic N) is 2. The van der Waals surface area contributed by atoms with Crippen molar-refractivity contribution in [1.29, 1.82) is 0 Å². The second-order valence-corrected chi connectivity index (χ2v) is 10.7. The summed E-state index contributed by atoms with van der Waals surface area (Å²) < 4.78 is 7.33. The Balaban J connectivity index is 2.20. The lowest BCUT2D eigenvalue weighted by molar-refractivity contribution is 0.0783. The summed E-state index contributed by atoms with van der Waals surface area (Å²) in [5, 5.41) is 4.23. The molecule has 0 bridgehead atoms. The molecule has 0 aliphatic heterocycles. The molecule has 0 fully saturated rings. The molecule has 0 N–H and O–H groups in total. The van der Waals surface area contributed by atoms with Crippen molar-refractivity contribution < 1.29 is 4.74 Å². The van der Waals surface area contributed by atoms with Crippen molar-refractivity contribution in [3.63, 3.8) is 0 Å². The SMILES string of the molecule is C[Si](C)(C)CCOCn1ccc(CCl)n1. The van der Waals surface area contributed by atoms with Gasteiger partial charge in [-0.3, -0.25) is 0 Å². The number of hydrogen-bond donors (Lipinski definition) is 0. The molecule has 0 saturated carbocycles. The molecule has 0 saturated heterocycles. The minimum atomic E-state index is -0.973. The second-order valence-electron chi connectivity index (χ2n) is 4.83. The first-order valence-corrected chi connectivity index (χ1v) is 9.41. The summed E-state index contributed by atoms with van der Waals surface area (Å²) in [5.41, 5.74) is 0.894. The molecule has 1 rings (SSSR count). The van der Waals surface area contributed by atoms with E-state index in [0.29, 0.717) is 12.6 Å². The van der Waals surface area contributed by atoms with Crippen LogP contribution in [0.3, 0.4) is 0 Å². The van der Waals surface area contributed by atoms with Crippen LogP contribution in [-0.2, 0) is 17.3 Å². The fourth-order valence-corrected chi connectivity index (χ4v) is 1.98. The van der Waals surface area contributed by atoms with E-state index in [1.54, 1.807) is 4.68 Å². The van der Waals surface area contributed by atoms with Crippen LogP contribution in [0.4, 0.5) is 0 Å². The monoisotopic (exact) mass is 246 g/mol. The third kappa shape index (κ3) is 5.35. The Morgan fingerprint density at radius 2 is 2.20 bits per heavy atom. The summed E-state index contributed by atoms with van der Waals surface area (Å²) in [5.74, 6) is 0.460. The highest BCUT2D eigenvalue weighted by Gasteiger charge is 2.11. The molecule has 1 aromatic rings. The van der Waals surface area contributed by atoms with E-state index in [0.717, 1.165) is 12.3 Å². The number of halogens is 1. The maximum absolute atomic E-state index is 5.65. The van der Waals surface area contributed by atoms with Crippen LogP contribution in [0.2, 0.25) is 25.7 Å². The summed E-state index contributed by atoms with van der Waals surface area (Å²) in [6.45, 7) is 8.38. The van der Waals surface area contributed by atoms with Gasteiger partial charge in [0.25, 0.3) is 0 Å². The van der Waals surface area contributed by atoms with Crippen molar-refractivity contribution in [2.45, 2.75) is 38.3 Å². The molecule has 1 aromatic heterocycles. The van der Waals surface area contributed by atoms with Crippen molar-refractivity contribution in [3.05, 3.63) is 18.0 Å². The quantitative estimate of drug-likeness (QED) is 0.439. The molecular weight excluding hydrogens is 228 g/mol. The van der Waals surface area contributed by atoms with Gasteiger partial charge in [-0.2, -0.15) is 5.10 Å². The number of aromatic nitrogens is 2. The molecule has 0 aromatic carbocycles. The summed E-state index contributed by atoms with van der Waals surface area (Å²) in [4.78, 5) is 0. The van der Waals surface area contributed by atoms with Crippen molar-refractivity contribution in [2.24, 2.45) is 0 Å². The average Bonchev–Trinajstić information content (AvgIpc) is 2.59. The van der Waals surface area contributed by atoms with E-state index in [1.165, 1.54) is 6.04 Å². The molecule has 0 aliphatic rings. The lowest BCUT2D eigenvalue weighted by Gasteiger charge is -2.15. The Morgan fingerprint density at radius 1 is 1.47 bits per heavy atom. The molecule has 86 valence electrons. The van der Waals surface area contributed by atoms with Gasteiger partial charge in [0, 0.05) is 20.9 Å². The van der Waals surface area contributed by atoms with E-state index >= 15 is 0 Å². The van der Waals surface area contributed by atoms with E-state index in [2.05, 4.69) is 24.7 Å². The normalized spacial score (nSPS) is 12.0. The minimum absolute atomic E-state index is 0.460. The fourth-order valence-electron chi connectivity index (χ4n) is 1.08. The Labute approximate surface area is 97.4 Å². The van der Waals surface area contributed by atoms with Crippen LogP contribution < -0.4 is 0 Å². The molecular formula is C10H19ClN2OSi. The molecule has 0 aliphatic carbocycles. The van der Waals surface area contributed by atoms with Crippen molar-refractivity contribution >= 4 is 19.7 Å². The number of hydrogen-bond acceptors (Lipinski definition) is 2. The lowest BCUT2D eigenvalue weighted by Crippen LogP contribution is -2.22. The molecule has 15 heavy (non-hydrogen) atoms. The van der Waals surface area contributed by atoms with Crippen molar-refractivity contribution in [1.82, 2.24) is 9.78 Å². The Morgan fingerprint density at radius 3 is 2.73 bits per heavy atom. The van der Waals surface area contributed by atoms with Crippen LogP contribution in [0.15, 0.2) is 12.3 Å². The van der Waals surface area contributed by atoms with Crippen LogP contribution >= 0.6 is 11.6 Å². The zero-order valence-corrected chi connectivity index (χ0v) is 11.4. The first-order valence-electron chi connectivity index (χ1n) is 5.17. The third-order valence-corrected chi connectivity index (χ3v) is 4.03. The second kappa shape index (κ2) is 5.68. The molecule has 0 unspecified atom stereocenters. The fraction of sp³-hybridized carbons (Fsp3) is 0.700. The maximum atomic E-state index is 5.65. The molecule has 0 atom stereocenters. The standard InChI is InChI=1S/C10H19ClN2OSi/c1-15(2,3)7-6-14-9-13-5-4-10(8-11)12-13/h4-5H,6-9H2,1-3H3. The van der Waals surface area contributed by atoms with Gasteiger partial charge in [0.15, 0.2) is 0 Å². The summed E-state index contributed by atoms with van der Waals surface area (Å²) in [6, 6.07) is 3.10. The van der Waals surface area contributed by atoms with Gasteiger partial charge < -0.3 is 4.74 Å². The predicted octanol–water partition coefficient (Wildman–Crippen LogP) is 2.93. The zero-order chi connectivity index (χ0) is 11.3. The van der Waals surface area contributed by atoms with Crippen LogP contribution in [-0.4, -0.2) is 24.5 Å². The zero-order valence-electron chi connectivity index (χ0n) is 9.66. The minimum Gasteiger partial charge on any atom is -0.360 e. The van der Waals surface area contributed by atoms with Gasteiger partial charge in [0.05, 0.1) is 11.6 Å².